The lowest BCUT2D eigenvalue weighted by Crippen LogP contribution is -2.33. The summed E-state index contributed by atoms with van der Waals surface area (Å²) in [5, 5.41) is 12.2. The van der Waals surface area contributed by atoms with Crippen molar-refractivity contribution in [2.75, 3.05) is 32.7 Å². The number of benzene rings is 2. The molecular weight excluding hydrogens is 501 g/mol. The number of ether oxygens (including phenoxy) is 2. The van der Waals surface area contributed by atoms with Gasteiger partial charge in [-0.05, 0) is 43.4 Å². The molecule has 202 valence electrons. The normalized spacial score (nSPS) is 12.1. The highest BCUT2D eigenvalue weighted by Crippen LogP contribution is 2.47. The van der Waals surface area contributed by atoms with Gasteiger partial charge in [-0.3, -0.25) is 18.4 Å². The molecule has 10 nitrogen and oxygen atoms in total. The SMILES string of the molecule is CCOC(=O)COP(=O)(CN[C@@H](CCC(=O)O)Cc1ccc(-c2ccccc2)cc1)OCC(=O)OCC. The molecule has 0 saturated heterocycles. The first kappa shape index (κ1) is 30.2. The molecule has 2 N–H and O–H groups in total. The quantitative estimate of drug-likeness (QED) is 0.226. The highest BCUT2D eigenvalue weighted by atomic mass is 31.2. The first-order chi connectivity index (χ1) is 17.7. The number of rotatable bonds is 17. The summed E-state index contributed by atoms with van der Waals surface area (Å²) in [6.07, 6.45) is 0.221. The van der Waals surface area contributed by atoms with Crippen LogP contribution in [-0.4, -0.2) is 61.8 Å². The Morgan fingerprint density at radius 3 is 1.92 bits per heavy atom. The second-order valence-corrected chi connectivity index (χ2v) is 10.1. The number of hydrogen-bond donors (Lipinski definition) is 2. The number of nitrogens with one attached hydrogen (secondary N) is 1. The van der Waals surface area contributed by atoms with Gasteiger partial charge in [0.15, 0.2) is 13.2 Å². The first-order valence-corrected chi connectivity index (χ1v) is 13.8. The van der Waals surface area contributed by atoms with Crippen LogP contribution in [0.25, 0.3) is 11.1 Å². The molecule has 0 aromatic heterocycles. The molecule has 0 aliphatic rings. The van der Waals surface area contributed by atoms with E-state index < -0.39 is 44.8 Å². The Kier molecular flexibility index (Phi) is 13.0. The van der Waals surface area contributed by atoms with Gasteiger partial charge in [0.1, 0.15) is 0 Å². The van der Waals surface area contributed by atoms with Crippen LogP contribution in [0.2, 0.25) is 0 Å². The predicted molar refractivity (Wildman–Crippen MR) is 137 cm³/mol. The van der Waals surface area contributed by atoms with Gasteiger partial charge >= 0.3 is 25.5 Å². The van der Waals surface area contributed by atoms with E-state index in [1.54, 1.807) is 13.8 Å². The third kappa shape index (κ3) is 11.7. The van der Waals surface area contributed by atoms with Crippen LogP contribution in [0.3, 0.4) is 0 Å². The summed E-state index contributed by atoms with van der Waals surface area (Å²) in [5.74, 6) is -2.43. The fourth-order valence-corrected chi connectivity index (χ4v) is 4.74. The van der Waals surface area contributed by atoms with E-state index in [9.17, 15) is 24.1 Å². The Bertz CT molecular complexity index is 1020. The van der Waals surface area contributed by atoms with Crippen molar-refractivity contribution in [1.82, 2.24) is 5.32 Å². The average molecular weight is 536 g/mol. The van der Waals surface area contributed by atoms with Crippen molar-refractivity contribution in [3.63, 3.8) is 0 Å². The Morgan fingerprint density at radius 1 is 0.865 bits per heavy atom. The highest BCUT2D eigenvalue weighted by Gasteiger charge is 2.29. The molecule has 2 rings (SSSR count). The van der Waals surface area contributed by atoms with Crippen molar-refractivity contribution in [2.24, 2.45) is 0 Å². The van der Waals surface area contributed by atoms with Crippen LogP contribution in [0.15, 0.2) is 54.6 Å². The van der Waals surface area contributed by atoms with Crippen molar-refractivity contribution < 1.29 is 42.6 Å². The zero-order valence-corrected chi connectivity index (χ0v) is 22.0. The topological polar surface area (TPSA) is 137 Å². The van der Waals surface area contributed by atoms with Gasteiger partial charge in [-0.2, -0.15) is 0 Å². The molecule has 0 aliphatic carbocycles. The van der Waals surface area contributed by atoms with E-state index in [0.717, 1.165) is 16.7 Å². The van der Waals surface area contributed by atoms with E-state index in [4.69, 9.17) is 18.5 Å². The van der Waals surface area contributed by atoms with Crippen LogP contribution in [0.4, 0.5) is 0 Å². The predicted octanol–water partition coefficient (Wildman–Crippen LogP) is 4.03. The summed E-state index contributed by atoms with van der Waals surface area (Å²) in [5.41, 5.74) is 3.06. The summed E-state index contributed by atoms with van der Waals surface area (Å²) in [6, 6.07) is 17.4. The maximum Gasteiger partial charge on any atom is 0.345 e. The minimum Gasteiger partial charge on any atom is -0.481 e. The molecule has 0 heterocycles. The van der Waals surface area contributed by atoms with Crippen LogP contribution in [0.5, 0.6) is 0 Å². The number of esters is 2. The lowest BCUT2D eigenvalue weighted by atomic mass is 9.99. The van der Waals surface area contributed by atoms with Crippen LogP contribution >= 0.6 is 7.60 Å². The molecule has 0 saturated carbocycles. The maximum atomic E-state index is 13.3. The van der Waals surface area contributed by atoms with E-state index in [-0.39, 0.29) is 32.3 Å². The van der Waals surface area contributed by atoms with Crippen LogP contribution in [0.1, 0.15) is 32.3 Å². The number of carbonyl (C=O) groups excluding carboxylic acids is 2. The molecule has 1 atom stereocenters. The van der Waals surface area contributed by atoms with Gasteiger partial charge in [-0.15, -0.1) is 0 Å². The minimum absolute atomic E-state index is 0.114. The number of carboxylic acid groups (broad SMARTS) is 1. The lowest BCUT2D eigenvalue weighted by molar-refractivity contribution is -0.146. The second kappa shape index (κ2) is 15.9. The van der Waals surface area contributed by atoms with Crippen LogP contribution in [-0.2, 0) is 43.9 Å². The third-order valence-electron chi connectivity index (χ3n) is 5.19. The number of aliphatic carboxylic acids is 1. The monoisotopic (exact) mass is 535 g/mol. The third-order valence-corrected chi connectivity index (χ3v) is 6.81. The van der Waals surface area contributed by atoms with E-state index in [2.05, 4.69) is 5.32 Å². The van der Waals surface area contributed by atoms with Gasteiger partial charge < -0.3 is 19.9 Å². The number of carboxylic acids is 1. The zero-order valence-electron chi connectivity index (χ0n) is 21.1. The van der Waals surface area contributed by atoms with Crippen molar-refractivity contribution in [3.8, 4) is 11.1 Å². The molecule has 0 amide bonds. The molecule has 37 heavy (non-hydrogen) atoms. The molecule has 0 spiro atoms. The van der Waals surface area contributed by atoms with Gasteiger partial charge in [-0.1, -0.05) is 54.6 Å². The summed E-state index contributed by atoms with van der Waals surface area (Å²) in [7, 11) is -3.99. The molecule has 0 unspecified atom stereocenters. The van der Waals surface area contributed by atoms with E-state index in [0.29, 0.717) is 6.42 Å². The van der Waals surface area contributed by atoms with Crippen molar-refractivity contribution >= 4 is 25.5 Å². The summed E-state index contributed by atoms with van der Waals surface area (Å²) in [4.78, 5) is 34.6. The van der Waals surface area contributed by atoms with E-state index in [1.165, 1.54) is 0 Å². The molecule has 0 fully saturated rings. The van der Waals surface area contributed by atoms with Crippen molar-refractivity contribution in [1.29, 1.82) is 0 Å². The second-order valence-electron chi connectivity index (χ2n) is 8.03. The fourth-order valence-electron chi connectivity index (χ4n) is 3.40. The molecule has 11 heteroatoms. The van der Waals surface area contributed by atoms with Crippen molar-refractivity contribution in [3.05, 3.63) is 60.2 Å². The lowest BCUT2D eigenvalue weighted by Gasteiger charge is -2.23. The standard InChI is InChI=1S/C26H34NO9P/c1-3-33-25(30)17-35-37(32,36-18-26(31)34-4-2)19-27-23(14-15-24(28)29)16-20-10-12-22(13-11-20)21-8-6-5-7-9-21/h5-13,23,27H,3-4,14-19H2,1-2H3,(H,28,29)/t23-/m0/s1. The number of hydrogen-bond acceptors (Lipinski definition) is 9. The van der Waals surface area contributed by atoms with Crippen LogP contribution < -0.4 is 5.32 Å². The molecule has 0 radical (unpaired) electrons. The van der Waals surface area contributed by atoms with Gasteiger partial charge in [-0.25, -0.2) is 9.59 Å². The average Bonchev–Trinajstić information content (AvgIpc) is 2.89. The maximum absolute atomic E-state index is 13.3. The molecule has 2 aromatic rings. The summed E-state index contributed by atoms with van der Waals surface area (Å²) >= 11 is 0. The highest BCUT2D eigenvalue weighted by molar-refractivity contribution is 7.53. The Balaban J connectivity index is 2.09. The molecule has 2 aromatic carbocycles. The largest absolute Gasteiger partial charge is 0.481 e. The summed E-state index contributed by atoms with van der Waals surface area (Å²) < 4.78 is 33.3. The van der Waals surface area contributed by atoms with Gasteiger partial charge in [0.25, 0.3) is 0 Å². The Labute approximate surface area is 216 Å². The molecule has 0 aliphatic heterocycles. The number of carbonyl (C=O) groups is 3. The minimum atomic E-state index is -3.99. The molecule has 0 bridgehead atoms. The Hall–Kier alpha value is -3.04. The van der Waals surface area contributed by atoms with E-state index in [1.807, 2.05) is 54.6 Å². The van der Waals surface area contributed by atoms with E-state index >= 15 is 0 Å². The smallest absolute Gasteiger partial charge is 0.345 e. The molecular formula is C26H34NO9P. The summed E-state index contributed by atoms with van der Waals surface area (Å²) in [6.45, 7) is 2.22. The Morgan fingerprint density at radius 2 is 1.41 bits per heavy atom. The first-order valence-electron chi connectivity index (χ1n) is 12.0. The van der Waals surface area contributed by atoms with Crippen molar-refractivity contribution in [2.45, 2.75) is 39.2 Å². The van der Waals surface area contributed by atoms with Gasteiger partial charge in [0, 0.05) is 12.5 Å². The van der Waals surface area contributed by atoms with Gasteiger partial charge in [0.2, 0.25) is 0 Å². The fraction of sp³-hybridized carbons (Fsp3) is 0.423. The zero-order chi connectivity index (χ0) is 27.1. The van der Waals surface area contributed by atoms with Crippen LogP contribution in [0, 0.1) is 0 Å². The van der Waals surface area contributed by atoms with Gasteiger partial charge in [0.05, 0.1) is 19.5 Å².